The van der Waals surface area contributed by atoms with E-state index in [-0.39, 0.29) is 13.2 Å². The minimum Gasteiger partial charge on any atom is -0.493 e. The van der Waals surface area contributed by atoms with Crippen molar-refractivity contribution < 1.29 is 19.1 Å². The van der Waals surface area contributed by atoms with Crippen LogP contribution in [0.5, 0.6) is 5.75 Å². The van der Waals surface area contributed by atoms with Crippen molar-refractivity contribution in [1.82, 2.24) is 5.32 Å². The average molecular weight is 382 g/mol. The normalized spacial score (nSPS) is 10.2. The van der Waals surface area contributed by atoms with E-state index in [2.05, 4.69) is 5.32 Å². The first kappa shape index (κ1) is 19.1. The molecule has 0 fully saturated rings. The van der Waals surface area contributed by atoms with Crippen LogP contribution < -0.4 is 10.1 Å². The summed E-state index contributed by atoms with van der Waals surface area (Å²) >= 11 is 12.0. The van der Waals surface area contributed by atoms with Gasteiger partial charge in [-0.1, -0.05) is 41.4 Å². The van der Waals surface area contributed by atoms with E-state index < -0.39 is 11.9 Å². The molecule has 0 bridgehead atoms. The Balaban J connectivity index is 1.89. The zero-order chi connectivity index (χ0) is 18.2. The van der Waals surface area contributed by atoms with Gasteiger partial charge in [0.1, 0.15) is 18.9 Å². The Kier molecular flexibility index (Phi) is 7.10. The summed E-state index contributed by atoms with van der Waals surface area (Å²) in [6, 6.07) is 11.8. The Morgan fingerprint density at radius 3 is 2.40 bits per heavy atom. The number of benzene rings is 2. The number of hydrogen-bond acceptors (Lipinski definition) is 4. The summed E-state index contributed by atoms with van der Waals surface area (Å²) < 4.78 is 10.5. The third-order valence-corrected chi connectivity index (χ3v) is 3.97. The smallest absolute Gasteiger partial charge is 0.325 e. The van der Waals surface area contributed by atoms with Gasteiger partial charge in [0.2, 0.25) is 0 Å². The van der Waals surface area contributed by atoms with E-state index in [0.717, 1.165) is 0 Å². The van der Waals surface area contributed by atoms with Crippen molar-refractivity contribution in [2.75, 3.05) is 13.2 Å². The molecule has 132 valence electrons. The number of rotatable bonds is 7. The van der Waals surface area contributed by atoms with Gasteiger partial charge in [-0.05, 0) is 31.2 Å². The number of carbonyl (C=O) groups excluding carboxylic acids is 2. The number of halogens is 2. The minimum absolute atomic E-state index is 0.0667. The number of esters is 1. The summed E-state index contributed by atoms with van der Waals surface area (Å²) in [6.07, 6.45) is 0. The predicted octanol–water partition coefficient (Wildman–Crippen LogP) is 3.87. The van der Waals surface area contributed by atoms with Crippen LogP contribution in [-0.4, -0.2) is 25.0 Å². The van der Waals surface area contributed by atoms with Crippen molar-refractivity contribution in [1.29, 1.82) is 0 Å². The quantitative estimate of drug-likeness (QED) is 0.739. The molecular formula is C18H17Cl2NO4. The summed E-state index contributed by atoms with van der Waals surface area (Å²) in [7, 11) is 0. The second kappa shape index (κ2) is 9.30. The zero-order valence-electron chi connectivity index (χ0n) is 13.6. The van der Waals surface area contributed by atoms with Crippen LogP contribution in [0.15, 0.2) is 42.5 Å². The van der Waals surface area contributed by atoms with Crippen molar-refractivity contribution >= 4 is 35.1 Å². The molecule has 25 heavy (non-hydrogen) atoms. The first-order chi connectivity index (χ1) is 12.0. The average Bonchev–Trinajstić information content (AvgIpc) is 2.60. The van der Waals surface area contributed by atoms with E-state index in [1.54, 1.807) is 42.5 Å². The molecule has 0 aliphatic rings. The highest BCUT2D eigenvalue weighted by molar-refractivity contribution is 6.35. The third-order valence-electron chi connectivity index (χ3n) is 3.26. The van der Waals surface area contributed by atoms with Gasteiger partial charge >= 0.3 is 5.97 Å². The molecule has 0 atom stereocenters. The van der Waals surface area contributed by atoms with Crippen LogP contribution >= 0.6 is 23.2 Å². The molecule has 0 unspecified atom stereocenters. The minimum atomic E-state index is -0.599. The van der Waals surface area contributed by atoms with Gasteiger partial charge in [-0.25, -0.2) is 0 Å². The maximum atomic E-state index is 12.2. The molecule has 1 amide bonds. The van der Waals surface area contributed by atoms with Crippen molar-refractivity contribution in [2.24, 2.45) is 0 Å². The fourth-order valence-corrected chi connectivity index (χ4v) is 2.56. The molecule has 1 N–H and O–H groups in total. The fraction of sp³-hybridized carbons (Fsp3) is 0.222. The maximum absolute atomic E-state index is 12.2. The molecule has 7 heteroatoms. The van der Waals surface area contributed by atoms with E-state index in [1.807, 2.05) is 6.92 Å². The second-order valence-electron chi connectivity index (χ2n) is 4.97. The molecule has 0 aliphatic carbocycles. The zero-order valence-corrected chi connectivity index (χ0v) is 15.1. The van der Waals surface area contributed by atoms with Gasteiger partial charge < -0.3 is 14.8 Å². The molecule has 0 saturated carbocycles. The van der Waals surface area contributed by atoms with Gasteiger partial charge in [-0.2, -0.15) is 0 Å². The maximum Gasteiger partial charge on any atom is 0.325 e. The predicted molar refractivity (Wildman–Crippen MR) is 96.2 cm³/mol. The van der Waals surface area contributed by atoms with Gasteiger partial charge in [0.15, 0.2) is 0 Å². The first-order valence-corrected chi connectivity index (χ1v) is 8.37. The number of ether oxygens (including phenoxy) is 2. The Hall–Kier alpha value is -2.24. The molecule has 0 aliphatic heterocycles. The summed E-state index contributed by atoms with van der Waals surface area (Å²) in [6.45, 7) is 1.92. The molecule has 0 radical (unpaired) electrons. The standard InChI is InChI=1S/C18H17Cl2NO4/c1-2-24-16-9-4-3-6-12(16)18(23)21-10-17(22)25-11-13-14(19)7-5-8-15(13)20/h3-9H,2,10-11H2,1H3,(H,21,23). The van der Waals surface area contributed by atoms with Crippen LogP contribution in [0.25, 0.3) is 0 Å². The summed E-state index contributed by atoms with van der Waals surface area (Å²) in [5, 5.41) is 3.33. The molecule has 0 spiro atoms. The summed E-state index contributed by atoms with van der Waals surface area (Å²) in [5.41, 5.74) is 0.874. The molecule has 2 aromatic rings. The number of para-hydroxylation sites is 1. The Bertz CT molecular complexity index is 744. The number of nitrogens with one attached hydrogen (secondary N) is 1. The highest BCUT2D eigenvalue weighted by Crippen LogP contribution is 2.24. The lowest BCUT2D eigenvalue weighted by molar-refractivity contribution is -0.143. The molecular weight excluding hydrogens is 365 g/mol. The lowest BCUT2D eigenvalue weighted by atomic mass is 10.2. The van der Waals surface area contributed by atoms with E-state index in [1.165, 1.54) is 0 Å². The van der Waals surface area contributed by atoms with Crippen LogP contribution in [0.2, 0.25) is 10.0 Å². The molecule has 5 nitrogen and oxygen atoms in total. The molecule has 0 aromatic heterocycles. The summed E-state index contributed by atoms with van der Waals surface area (Å²) in [4.78, 5) is 24.0. The number of hydrogen-bond donors (Lipinski definition) is 1. The van der Waals surface area contributed by atoms with E-state index in [4.69, 9.17) is 32.7 Å². The molecule has 2 aromatic carbocycles. The van der Waals surface area contributed by atoms with Crippen LogP contribution in [0, 0.1) is 0 Å². The van der Waals surface area contributed by atoms with Crippen molar-refractivity contribution in [3.8, 4) is 5.75 Å². The monoisotopic (exact) mass is 381 g/mol. The van der Waals surface area contributed by atoms with Crippen LogP contribution in [0.1, 0.15) is 22.8 Å². The second-order valence-corrected chi connectivity index (χ2v) is 5.79. The van der Waals surface area contributed by atoms with Crippen molar-refractivity contribution in [2.45, 2.75) is 13.5 Å². The summed E-state index contributed by atoms with van der Waals surface area (Å²) in [5.74, 6) is -0.561. The lowest BCUT2D eigenvalue weighted by Crippen LogP contribution is -2.30. The van der Waals surface area contributed by atoms with E-state index in [9.17, 15) is 9.59 Å². The first-order valence-electron chi connectivity index (χ1n) is 7.61. The molecule has 0 saturated heterocycles. The Morgan fingerprint density at radius 2 is 1.72 bits per heavy atom. The van der Waals surface area contributed by atoms with Gasteiger partial charge in [0.25, 0.3) is 5.91 Å². The highest BCUT2D eigenvalue weighted by Gasteiger charge is 2.14. The van der Waals surface area contributed by atoms with Gasteiger partial charge in [-0.15, -0.1) is 0 Å². The third kappa shape index (κ3) is 5.37. The van der Waals surface area contributed by atoms with E-state index in [0.29, 0.717) is 33.5 Å². The van der Waals surface area contributed by atoms with Gasteiger partial charge in [-0.3, -0.25) is 9.59 Å². The molecule has 0 heterocycles. The van der Waals surface area contributed by atoms with Gasteiger partial charge in [0.05, 0.1) is 12.2 Å². The van der Waals surface area contributed by atoms with Crippen LogP contribution in [-0.2, 0) is 16.1 Å². The van der Waals surface area contributed by atoms with Crippen LogP contribution in [0.3, 0.4) is 0 Å². The van der Waals surface area contributed by atoms with Gasteiger partial charge in [0, 0.05) is 15.6 Å². The van der Waals surface area contributed by atoms with Crippen molar-refractivity contribution in [3.05, 3.63) is 63.6 Å². The Morgan fingerprint density at radius 1 is 1.04 bits per heavy atom. The van der Waals surface area contributed by atoms with Crippen molar-refractivity contribution in [3.63, 3.8) is 0 Å². The van der Waals surface area contributed by atoms with Crippen LogP contribution in [0.4, 0.5) is 0 Å². The largest absolute Gasteiger partial charge is 0.493 e. The SMILES string of the molecule is CCOc1ccccc1C(=O)NCC(=O)OCc1c(Cl)cccc1Cl. The highest BCUT2D eigenvalue weighted by atomic mass is 35.5. The lowest BCUT2D eigenvalue weighted by Gasteiger charge is -2.11. The number of amides is 1. The topological polar surface area (TPSA) is 64.6 Å². The fourth-order valence-electron chi connectivity index (χ4n) is 2.06. The Labute approximate surface area is 155 Å². The number of carbonyl (C=O) groups is 2. The van der Waals surface area contributed by atoms with E-state index >= 15 is 0 Å². The molecule has 2 rings (SSSR count).